The van der Waals surface area contributed by atoms with Crippen LogP contribution in [0.1, 0.15) is 11.1 Å². The Hall–Kier alpha value is -2.73. The number of anilines is 1. The van der Waals surface area contributed by atoms with Crippen molar-refractivity contribution in [2.75, 3.05) is 5.32 Å². The van der Waals surface area contributed by atoms with Crippen LogP contribution in [0.4, 0.5) is 11.4 Å². The fourth-order valence-electron chi connectivity index (χ4n) is 2.23. The summed E-state index contributed by atoms with van der Waals surface area (Å²) in [5.41, 5.74) is 3.06. The number of hydrogen-bond donors (Lipinski definition) is 2. The first-order valence-corrected chi connectivity index (χ1v) is 7.53. The standard InChI is InChI=1S/C17H11BrN2O3/c18-11-5-6-14-13(9-11)16(17(23)20-14)19-12-3-1-2-10(8-12)4-7-15(21)22/h1-9H,(H,21,22)(H,19,20,23)/b7-4+. The largest absolute Gasteiger partial charge is 0.478 e. The van der Waals surface area contributed by atoms with Crippen molar-refractivity contribution in [1.82, 2.24) is 0 Å². The minimum Gasteiger partial charge on any atom is -0.478 e. The lowest BCUT2D eigenvalue weighted by Crippen LogP contribution is -2.13. The lowest BCUT2D eigenvalue weighted by atomic mass is 10.1. The van der Waals surface area contributed by atoms with Crippen LogP contribution in [0.25, 0.3) is 6.08 Å². The van der Waals surface area contributed by atoms with Gasteiger partial charge in [0.05, 0.1) is 11.4 Å². The Balaban J connectivity index is 1.99. The Kier molecular flexibility index (Phi) is 4.08. The molecule has 0 saturated carbocycles. The summed E-state index contributed by atoms with van der Waals surface area (Å²) in [6.45, 7) is 0. The van der Waals surface area contributed by atoms with E-state index < -0.39 is 5.97 Å². The molecule has 0 aliphatic carbocycles. The molecule has 23 heavy (non-hydrogen) atoms. The van der Waals surface area contributed by atoms with Gasteiger partial charge in [0.25, 0.3) is 5.91 Å². The van der Waals surface area contributed by atoms with Gasteiger partial charge in [-0.3, -0.25) is 4.79 Å². The number of carbonyl (C=O) groups excluding carboxylic acids is 1. The molecule has 0 aromatic heterocycles. The van der Waals surface area contributed by atoms with Crippen LogP contribution in [-0.2, 0) is 9.59 Å². The molecule has 2 aromatic rings. The Morgan fingerprint density at radius 1 is 1.22 bits per heavy atom. The molecule has 1 aliphatic heterocycles. The van der Waals surface area contributed by atoms with Crippen LogP contribution in [-0.4, -0.2) is 22.7 Å². The number of carboxylic acid groups (broad SMARTS) is 1. The molecule has 0 fully saturated rings. The van der Waals surface area contributed by atoms with Gasteiger partial charge in [-0.1, -0.05) is 28.1 Å². The Morgan fingerprint density at radius 2 is 2.04 bits per heavy atom. The predicted octanol–water partition coefficient (Wildman–Crippen LogP) is 3.62. The molecule has 0 unspecified atom stereocenters. The van der Waals surface area contributed by atoms with E-state index in [-0.39, 0.29) is 5.91 Å². The Morgan fingerprint density at radius 3 is 2.83 bits per heavy atom. The molecule has 2 N–H and O–H groups in total. The number of amides is 1. The van der Waals surface area contributed by atoms with Crippen molar-refractivity contribution in [2.45, 2.75) is 0 Å². The normalized spacial score (nSPS) is 15.0. The number of carboxylic acids is 1. The second kappa shape index (κ2) is 6.18. The van der Waals surface area contributed by atoms with Gasteiger partial charge in [0.2, 0.25) is 0 Å². The zero-order valence-corrected chi connectivity index (χ0v) is 13.4. The molecular weight excluding hydrogens is 360 g/mol. The molecule has 0 radical (unpaired) electrons. The van der Waals surface area contributed by atoms with Gasteiger partial charge < -0.3 is 10.4 Å². The summed E-state index contributed by atoms with van der Waals surface area (Å²) in [5.74, 6) is -1.28. The lowest BCUT2D eigenvalue weighted by Gasteiger charge is -2.00. The molecule has 3 rings (SSSR count). The molecule has 1 aliphatic rings. The second-order valence-corrected chi connectivity index (χ2v) is 5.79. The van der Waals surface area contributed by atoms with Crippen molar-refractivity contribution in [3.05, 3.63) is 64.1 Å². The van der Waals surface area contributed by atoms with E-state index in [1.165, 1.54) is 6.08 Å². The van der Waals surface area contributed by atoms with Crippen molar-refractivity contribution in [3.63, 3.8) is 0 Å². The number of nitrogens with one attached hydrogen (secondary N) is 1. The van der Waals surface area contributed by atoms with E-state index in [4.69, 9.17) is 5.11 Å². The molecule has 0 saturated heterocycles. The minimum absolute atomic E-state index is 0.260. The average molecular weight is 371 g/mol. The number of benzene rings is 2. The van der Waals surface area contributed by atoms with Gasteiger partial charge in [-0.2, -0.15) is 0 Å². The van der Waals surface area contributed by atoms with Crippen molar-refractivity contribution in [3.8, 4) is 0 Å². The summed E-state index contributed by atoms with van der Waals surface area (Å²) < 4.78 is 0.860. The summed E-state index contributed by atoms with van der Waals surface area (Å²) in [6.07, 6.45) is 2.53. The molecular formula is C17H11BrN2O3. The van der Waals surface area contributed by atoms with E-state index in [1.54, 1.807) is 24.3 Å². The summed E-state index contributed by atoms with van der Waals surface area (Å²) >= 11 is 3.38. The Labute approximate surface area is 140 Å². The average Bonchev–Trinajstić information content (AvgIpc) is 2.81. The fourth-order valence-corrected chi connectivity index (χ4v) is 2.59. The molecule has 0 bridgehead atoms. The number of aliphatic carboxylic acids is 1. The van der Waals surface area contributed by atoms with Gasteiger partial charge >= 0.3 is 5.97 Å². The fraction of sp³-hybridized carbons (Fsp3) is 0. The van der Waals surface area contributed by atoms with Crippen LogP contribution >= 0.6 is 15.9 Å². The minimum atomic E-state index is -1.02. The highest BCUT2D eigenvalue weighted by Crippen LogP contribution is 2.28. The number of carbonyl (C=O) groups is 2. The third kappa shape index (κ3) is 3.37. The SMILES string of the molecule is O=C(O)/C=C/c1cccc(N=C2C(=O)Nc3ccc(Br)cc32)c1. The predicted molar refractivity (Wildman–Crippen MR) is 92.1 cm³/mol. The van der Waals surface area contributed by atoms with Gasteiger partial charge in [0.1, 0.15) is 5.71 Å². The van der Waals surface area contributed by atoms with Crippen LogP contribution in [0.5, 0.6) is 0 Å². The van der Waals surface area contributed by atoms with Gasteiger partial charge in [-0.25, -0.2) is 9.79 Å². The first-order chi connectivity index (χ1) is 11.0. The molecule has 0 atom stereocenters. The maximum atomic E-state index is 12.1. The quantitative estimate of drug-likeness (QED) is 0.809. The summed E-state index contributed by atoms with van der Waals surface area (Å²) in [6, 6.07) is 12.5. The third-order valence-corrected chi connectivity index (χ3v) is 3.72. The highest BCUT2D eigenvalue weighted by molar-refractivity contribution is 9.10. The molecule has 2 aromatic carbocycles. The second-order valence-electron chi connectivity index (χ2n) is 4.87. The summed E-state index contributed by atoms with van der Waals surface area (Å²) in [4.78, 5) is 27.1. The van der Waals surface area contributed by atoms with Gasteiger partial charge in [-0.05, 0) is 42.0 Å². The van der Waals surface area contributed by atoms with E-state index in [0.717, 1.165) is 21.8 Å². The maximum Gasteiger partial charge on any atom is 0.328 e. The van der Waals surface area contributed by atoms with E-state index in [1.807, 2.05) is 18.2 Å². The lowest BCUT2D eigenvalue weighted by molar-refractivity contribution is -0.131. The zero-order chi connectivity index (χ0) is 16.4. The van der Waals surface area contributed by atoms with Crippen LogP contribution in [0, 0.1) is 0 Å². The number of nitrogens with zero attached hydrogens (tertiary/aromatic N) is 1. The first kappa shape index (κ1) is 15.2. The van der Waals surface area contributed by atoms with Crippen molar-refractivity contribution in [1.29, 1.82) is 0 Å². The number of aliphatic imine (C=N–C) groups is 1. The molecule has 114 valence electrons. The molecule has 1 heterocycles. The van der Waals surface area contributed by atoms with Crippen molar-refractivity contribution in [2.24, 2.45) is 4.99 Å². The smallest absolute Gasteiger partial charge is 0.328 e. The van der Waals surface area contributed by atoms with E-state index >= 15 is 0 Å². The van der Waals surface area contributed by atoms with Crippen LogP contribution < -0.4 is 5.32 Å². The van der Waals surface area contributed by atoms with Crippen LogP contribution in [0.3, 0.4) is 0 Å². The van der Waals surface area contributed by atoms with Gasteiger partial charge in [0, 0.05) is 16.1 Å². The van der Waals surface area contributed by atoms with Crippen molar-refractivity contribution < 1.29 is 14.7 Å². The monoisotopic (exact) mass is 370 g/mol. The molecule has 0 spiro atoms. The zero-order valence-electron chi connectivity index (χ0n) is 11.8. The summed E-state index contributed by atoms with van der Waals surface area (Å²) in [5, 5.41) is 11.4. The molecule has 5 nitrogen and oxygen atoms in total. The maximum absolute atomic E-state index is 12.1. The highest BCUT2D eigenvalue weighted by atomic mass is 79.9. The van der Waals surface area contributed by atoms with Crippen LogP contribution in [0.15, 0.2) is 58.0 Å². The topological polar surface area (TPSA) is 78.8 Å². The number of rotatable bonds is 3. The van der Waals surface area contributed by atoms with E-state index in [0.29, 0.717) is 17.0 Å². The van der Waals surface area contributed by atoms with E-state index in [9.17, 15) is 9.59 Å². The molecule has 6 heteroatoms. The first-order valence-electron chi connectivity index (χ1n) is 6.74. The summed E-state index contributed by atoms with van der Waals surface area (Å²) in [7, 11) is 0. The van der Waals surface area contributed by atoms with Crippen molar-refractivity contribution >= 4 is 51.0 Å². The Bertz CT molecular complexity index is 872. The number of halogens is 1. The third-order valence-electron chi connectivity index (χ3n) is 3.23. The number of hydrogen-bond acceptors (Lipinski definition) is 3. The van der Waals surface area contributed by atoms with Crippen LogP contribution in [0.2, 0.25) is 0 Å². The highest BCUT2D eigenvalue weighted by Gasteiger charge is 2.25. The van der Waals surface area contributed by atoms with Gasteiger partial charge in [0.15, 0.2) is 0 Å². The van der Waals surface area contributed by atoms with Gasteiger partial charge in [-0.15, -0.1) is 0 Å². The molecule has 1 amide bonds. The van der Waals surface area contributed by atoms with E-state index in [2.05, 4.69) is 26.2 Å². The number of fused-ring (bicyclic) bond motifs is 1.